The Morgan fingerprint density at radius 3 is 1.19 bits per heavy atom. The normalized spacial score (nSPS) is 13.9. The van der Waals surface area contributed by atoms with Gasteiger partial charge in [-0.1, -0.05) is 27.7 Å². The van der Waals surface area contributed by atoms with Crippen molar-refractivity contribution in [2.45, 2.75) is 73.0 Å². The number of nitrogens with two attached hydrogens (primary N) is 1. The zero-order chi connectivity index (χ0) is 13.1. The molecule has 0 radical (unpaired) electrons. The topological polar surface area (TPSA) is 29.3 Å². The molecule has 0 amide bonds. The van der Waals surface area contributed by atoms with E-state index in [-0.39, 0.29) is 5.54 Å². The molecule has 0 atom stereocenters. The third-order valence-corrected chi connectivity index (χ3v) is 3.92. The molecule has 0 aromatic heterocycles. The molecule has 0 aliphatic heterocycles. The minimum absolute atomic E-state index is 0.113. The predicted octanol–water partition coefficient (Wildman–Crippen LogP) is 3.11. The van der Waals surface area contributed by atoms with Crippen LogP contribution in [0, 0.1) is 11.8 Å². The average Bonchev–Trinajstić information content (AvgIpc) is 2.10. The van der Waals surface area contributed by atoms with Crippen molar-refractivity contribution in [3.05, 3.63) is 0 Å². The highest BCUT2D eigenvalue weighted by molar-refractivity contribution is 4.99. The van der Waals surface area contributed by atoms with Gasteiger partial charge in [0.05, 0.1) is 0 Å². The van der Waals surface area contributed by atoms with E-state index in [9.17, 15) is 0 Å². The van der Waals surface area contributed by atoms with Crippen molar-refractivity contribution in [2.24, 2.45) is 17.6 Å². The Balaban J connectivity index is 5.43. The van der Waals surface area contributed by atoms with Gasteiger partial charge in [0.15, 0.2) is 0 Å². The lowest BCUT2D eigenvalue weighted by Crippen LogP contribution is -2.64. The van der Waals surface area contributed by atoms with Gasteiger partial charge in [0.25, 0.3) is 0 Å². The lowest BCUT2D eigenvalue weighted by molar-refractivity contribution is -0.0355. The molecule has 0 heterocycles. The molecule has 16 heavy (non-hydrogen) atoms. The summed E-state index contributed by atoms with van der Waals surface area (Å²) in [5, 5.41) is 0. The summed E-state index contributed by atoms with van der Waals surface area (Å²) in [4.78, 5) is 2.60. The Kier molecular flexibility index (Phi) is 5.99. The summed E-state index contributed by atoms with van der Waals surface area (Å²) in [6, 6.07) is 1.07. The Labute approximate surface area is 103 Å². The van der Waals surface area contributed by atoms with Crippen molar-refractivity contribution in [2.75, 3.05) is 6.54 Å². The van der Waals surface area contributed by atoms with Crippen molar-refractivity contribution in [3.8, 4) is 0 Å². The van der Waals surface area contributed by atoms with Crippen LogP contribution in [-0.2, 0) is 0 Å². The summed E-state index contributed by atoms with van der Waals surface area (Å²) in [6.45, 7) is 19.0. The van der Waals surface area contributed by atoms with E-state index in [1.165, 1.54) is 0 Å². The van der Waals surface area contributed by atoms with Crippen LogP contribution in [0.15, 0.2) is 0 Å². The van der Waals surface area contributed by atoms with Crippen LogP contribution in [0.3, 0.4) is 0 Å². The molecule has 0 unspecified atom stereocenters. The van der Waals surface area contributed by atoms with Crippen LogP contribution in [-0.4, -0.2) is 29.1 Å². The van der Waals surface area contributed by atoms with Crippen LogP contribution >= 0.6 is 0 Å². The van der Waals surface area contributed by atoms with Crippen molar-refractivity contribution in [1.82, 2.24) is 4.90 Å². The number of rotatable bonds is 6. The smallest absolute Gasteiger partial charge is 0.0382 e. The molecule has 0 aromatic rings. The first-order valence-electron chi connectivity index (χ1n) is 6.70. The van der Waals surface area contributed by atoms with E-state index in [0.717, 1.165) is 6.54 Å². The quantitative estimate of drug-likeness (QED) is 0.757. The first-order chi connectivity index (χ1) is 7.21. The van der Waals surface area contributed by atoms with Crippen LogP contribution in [0.1, 0.15) is 55.4 Å². The van der Waals surface area contributed by atoms with Crippen molar-refractivity contribution < 1.29 is 0 Å². The van der Waals surface area contributed by atoms with E-state index < -0.39 is 0 Å². The summed E-state index contributed by atoms with van der Waals surface area (Å²) >= 11 is 0. The minimum atomic E-state index is 0.113. The second-order valence-electron chi connectivity index (χ2n) is 6.10. The number of hydrogen-bond acceptors (Lipinski definition) is 2. The van der Waals surface area contributed by atoms with Gasteiger partial charge in [-0.2, -0.15) is 0 Å². The molecule has 2 heteroatoms. The van der Waals surface area contributed by atoms with E-state index in [1.54, 1.807) is 0 Å². The third-order valence-electron chi connectivity index (χ3n) is 3.92. The highest BCUT2D eigenvalue weighted by Crippen LogP contribution is 2.35. The largest absolute Gasteiger partial charge is 0.329 e. The van der Waals surface area contributed by atoms with Gasteiger partial charge >= 0.3 is 0 Å². The van der Waals surface area contributed by atoms with E-state index in [0.29, 0.717) is 23.9 Å². The third kappa shape index (κ3) is 2.78. The molecule has 2 N–H and O–H groups in total. The van der Waals surface area contributed by atoms with Gasteiger partial charge in [-0.25, -0.2) is 0 Å². The fourth-order valence-electron chi connectivity index (χ4n) is 3.40. The fraction of sp³-hybridized carbons (Fsp3) is 1.00. The SMILES string of the molecule is CC(C)N(C(C)C)C(CN)(C(C)C)C(C)C. The summed E-state index contributed by atoms with van der Waals surface area (Å²) in [5.74, 6) is 1.14. The van der Waals surface area contributed by atoms with Gasteiger partial charge in [0, 0.05) is 24.2 Å². The Bertz CT molecular complexity index is 179. The maximum absolute atomic E-state index is 6.14. The number of hydrogen-bond donors (Lipinski definition) is 1. The zero-order valence-corrected chi connectivity index (χ0v) is 12.5. The van der Waals surface area contributed by atoms with Crippen LogP contribution in [0.5, 0.6) is 0 Å². The maximum atomic E-state index is 6.14. The summed E-state index contributed by atoms with van der Waals surface area (Å²) in [5.41, 5.74) is 6.26. The molecule has 0 aliphatic rings. The minimum Gasteiger partial charge on any atom is -0.329 e. The molecule has 2 nitrogen and oxygen atoms in total. The molecular formula is C14H32N2. The van der Waals surface area contributed by atoms with Gasteiger partial charge in [0.1, 0.15) is 0 Å². The van der Waals surface area contributed by atoms with E-state index in [4.69, 9.17) is 5.73 Å². The summed E-state index contributed by atoms with van der Waals surface area (Å²) in [6.07, 6.45) is 0. The molecule has 0 saturated carbocycles. The van der Waals surface area contributed by atoms with Gasteiger partial charge in [-0.3, -0.25) is 4.90 Å². The van der Waals surface area contributed by atoms with Gasteiger partial charge < -0.3 is 5.73 Å². The maximum Gasteiger partial charge on any atom is 0.0382 e. The van der Waals surface area contributed by atoms with Crippen molar-refractivity contribution in [1.29, 1.82) is 0 Å². The standard InChI is InChI=1S/C14H32N2/c1-10(2)14(9-15,11(3)4)16(12(5)6)13(7)8/h10-13H,9,15H2,1-8H3. The second kappa shape index (κ2) is 6.02. The van der Waals surface area contributed by atoms with Crippen LogP contribution in [0.4, 0.5) is 0 Å². The molecule has 0 aromatic carbocycles. The lowest BCUT2D eigenvalue weighted by atomic mass is 9.74. The van der Waals surface area contributed by atoms with Crippen LogP contribution < -0.4 is 5.73 Å². The average molecular weight is 228 g/mol. The lowest BCUT2D eigenvalue weighted by Gasteiger charge is -2.53. The first-order valence-corrected chi connectivity index (χ1v) is 6.70. The highest BCUT2D eigenvalue weighted by Gasteiger charge is 2.43. The summed E-state index contributed by atoms with van der Waals surface area (Å²) in [7, 11) is 0. The molecule has 0 rings (SSSR count). The molecular weight excluding hydrogens is 196 g/mol. The predicted molar refractivity (Wildman–Crippen MR) is 73.6 cm³/mol. The molecule has 0 bridgehead atoms. The Morgan fingerprint density at radius 2 is 1.12 bits per heavy atom. The molecule has 0 fully saturated rings. The van der Waals surface area contributed by atoms with Crippen LogP contribution in [0.25, 0.3) is 0 Å². The van der Waals surface area contributed by atoms with E-state index in [2.05, 4.69) is 60.3 Å². The highest BCUT2D eigenvalue weighted by atomic mass is 15.3. The first kappa shape index (κ1) is 15.9. The van der Waals surface area contributed by atoms with Crippen molar-refractivity contribution >= 4 is 0 Å². The van der Waals surface area contributed by atoms with Gasteiger partial charge in [0.2, 0.25) is 0 Å². The number of nitrogens with zero attached hydrogens (tertiary/aromatic N) is 1. The summed E-state index contributed by atoms with van der Waals surface area (Å²) < 4.78 is 0. The Morgan fingerprint density at radius 1 is 0.812 bits per heavy atom. The van der Waals surface area contributed by atoms with Crippen LogP contribution in [0.2, 0.25) is 0 Å². The molecule has 0 saturated heterocycles. The molecule has 0 aliphatic carbocycles. The Hall–Kier alpha value is -0.0800. The van der Waals surface area contributed by atoms with E-state index >= 15 is 0 Å². The second-order valence-corrected chi connectivity index (χ2v) is 6.10. The van der Waals surface area contributed by atoms with E-state index in [1.807, 2.05) is 0 Å². The van der Waals surface area contributed by atoms with Gasteiger partial charge in [-0.15, -0.1) is 0 Å². The van der Waals surface area contributed by atoms with Crippen molar-refractivity contribution in [3.63, 3.8) is 0 Å². The molecule has 0 spiro atoms. The zero-order valence-electron chi connectivity index (χ0n) is 12.5. The monoisotopic (exact) mass is 228 g/mol. The van der Waals surface area contributed by atoms with Gasteiger partial charge in [-0.05, 0) is 39.5 Å². The molecule has 98 valence electrons. The fourth-order valence-corrected chi connectivity index (χ4v) is 3.40.